The van der Waals surface area contributed by atoms with Crippen molar-refractivity contribution in [3.05, 3.63) is 0 Å². The number of alkyl halides is 12. The molecule has 0 bridgehead atoms. The molecule has 0 aromatic carbocycles. The summed E-state index contributed by atoms with van der Waals surface area (Å²) >= 11 is 0. The Morgan fingerprint density at radius 3 is 1.32 bits per heavy atom. The topological polar surface area (TPSA) is 308 Å². The maximum atomic E-state index is 12.5. The van der Waals surface area contributed by atoms with Crippen LogP contribution in [0.4, 0.5) is 52.7 Å². The molecule has 3 rings (SSSR count). The van der Waals surface area contributed by atoms with Crippen molar-refractivity contribution in [2.24, 2.45) is 11.5 Å². The van der Waals surface area contributed by atoms with Crippen molar-refractivity contribution in [1.82, 2.24) is 5.32 Å². The highest BCUT2D eigenvalue weighted by atomic mass is 19.4. The third kappa shape index (κ3) is 22.9. The number of nitrogens with two attached hydrogens (primary N) is 2. The number of hydrogen-bond donors (Lipinski definition) is 9. The third-order valence-electron chi connectivity index (χ3n) is 11.8. The van der Waals surface area contributed by atoms with Crippen molar-refractivity contribution in [3.63, 3.8) is 0 Å². The second-order valence-electron chi connectivity index (χ2n) is 17.6. The first kappa shape index (κ1) is 67.8. The Morgan fingerprint density at radius 2 is 0.904 bits per heavy atom. The van der Waals surface area contributed by atoms with Crippen molar-refractivity contribution in [3.8, 4) is 0 Å². The van der Waals surface area contributed by atoms with E-state index in [0.717, 1.165) is 19.3 Å². The maximum Gasteiger partial charge on any atom is 0.458 e. The number of carbonyl (C=O) groups excluding carboxylic acids is 5. The first-order chi connectivity index (χ1) is 33.6. The van der Waals surface area contributed by atoms with E-state index >= 15 is 0 Å². The van der Waals surface area contributed by atoms with Gasteiger partial charge in [0.15, 0.2) is 12.6 Å². The molecule has 0 spiro atoms. The third-order valence-corrected chi connectivity index (χ3v) is 11.8. The van der Waals surface area contributed by atoms with Crippen molar-refractivity contribution in [1.29, 1.82) is 0 Å². The molecule has 0 radical (unpaired) electrons. The number of ketones is 4. The molecular weight excluding hydrogens is 1030 g/mol. The zero-order valence-electron chi connectivity index (χ0n) is 39.9. The van der Waals surface area contributed by atoms with Crippen LogP contribution in [0.25, 0.3) is 0 Å². The van der Waals surface area contributed by atoms with Crippen LogP contribution in [-0.2, 0) is 42.9 Å². The number of amides is 1. The molecular formula is C43H67F12N3O15. The number of ether oxygens (including phenoxy) is 4. The van der Waals surface area contributed by atoms with Gasteiger partial charge in [-0.1, -0.05) is 90.9 Å². The van der Waals surface area contributed by atoms with Gasteiger partial charge in [-0.15, -0.1) is 0 Å². The highest BCUT2D eigenvalue weighted by molar-refractivity contribution is 6.41. The number of hydrogen-bond acceptors (Lipinski definition) is 17. The second kappa shape index (κ2) is 31.1. The minimum Gasteiger partial charge on any atom is -0.389 e. The molecule has 7 unspecified atom stereocenters. The molecule has 3 fully saturated rings. The van der Waals surface area contributed by atoms with E-state index in [0.29, 0.717) is 19.3 Å². The van der Waals surface area contributed by atoms with Crippen LogP contribution in [-0.4, -0.2) is 177 Å². The zero-order chi connectivity index (χ0) is 56.2. The predicted molar refractivity (Wildman–Crippen MR) is 226 cm³/mol. The fraction of sp³-hybridized carbons (Fsp3) is 0.884. The Morgan fingerprint density at radius 1 is 0.507 bits per heavy atom. The van der Waals surface area contributed by atoms with Crippen molar-refractivity contribution >= 4 is 29.0 Å². The summed E-state index contributed by atoms with van der Waals surface area (Å²) < 4.78 is 157. The molecule has 2 saturated heterocycles. The van der Waals surface area contributed by atoms with Crippen LogP contribution in [0.5, 0.6) is 0 Å². The minimum absolute atomic E-state index is 0.0482. The van der Waals surface area contributed by atoms with Crippen molar-refractivity contribution in [2.45, 2.75) is 233 Å². The van der Waals surface area contributed by atoms with Crippen LogP contribution in [0.2, 0.25) is 0 Å². The summed E-state index contributed by atoms with van der Waals surface area (Å²) in [5.41, 5.74) is 12.4. The molecule has 11 N–H and O–H groups in total. The molecule has 30 heteroatoms. The molecule has 2 aliphatic heterocycles. The average Bonchev–Trinajstić information content (AvgIpc) is 3.30. The van der Waals surface area contributed by atoms with Gasteiger partial charge in [-0.2, -0.15) is 52.7 Å². The van der Waals surface area contributed by atoms with E-state index in [1.54, 1.807) is 6.92 Å². The number of nitrogens with one attached hydrogen (secondary N) is 1. The fourth-order valence-electron chi connectivity index (χ4n) is 7.55. The Kier molecular flexibility index (Phi) is 28.9. The number of rotatable bonds is 23. The largest absolute Gasteiger partial charge is 0.458 e. The Labute approximate surface area is 411 Å². The van der Waals surface area contributed by atoms with E-state index in [4.69, 9.17) is 30.4 Å². The monoisotopic (exact) mass is 1090 g/mol. The lowest BCUT2D eigenvalue weighted by Gasteiger charge is -2.46. The van der Waals surface area contributed by atoms with Gasteiger partial charge in [-0.3, -0.25) is 24.0 Å². The van der Waals surface area contributed by atoms with E-state index in [1.165, 1.54) is 64.2 Å². The van der Waals surface area contributed by atoms with E-state index < -0.39 is 134 Å². The fourth-order valence-corrected chi connectivity index (χ4v) is 7.55. The van der Waals surface area contributed by atoms with Gasteiger partial charge in [0.1, 0.15) is 42.7 Å². The van der Waals surface area contributed by atoms with Gasteiger partial charge in [0, 0.05) is 19.0 Å². The Hall–Kier alpha value is -3.17. The number of aliphatic hydroxyl groups is 6. The van der Waals surface area contributed by atoms with Gasteiger partial charge in [0.2, 0.25) is 5.91 Å². The van der Waals surface area contributed by atoms with Gasteiger partial charge in [0.25, 0.3) is 0 Å². The molecule has 1 aliphatic carbocycles. The van der Waals surface area contributed by atoms with Gasteiger partial charge < -0.3 is 66.4 Å². The molecule has 1 amide bonds. The summed E-state index contributed by atoms with van der Waals surface area (Å²) in [7, 11) is 0. The van der Waals surface area contributed by atoms with Gasteiger partial charge in [-0.25, -0.2) is 0 Å². The highest BCUT2D eigenvalue weighted by Crippen LogP contribution is 2.33. The van der Waals surface area contributed by atoms with Crippen LogP contribution in [0.1, 0.15) is 123 Å². The smallest absolute Gasteiger partial charge is 0.389 e. The van der Waals surface area contributed by atoms with Gasteiger partial charge in [-0.05, 0) is 25.7 Å². The average molecular weight is 1090 g/mol. The maximum absolute atomic E-state index is 12.5. The molecule has 1 saturated carbocycles. The first-order valence-electron chi connectivity index (χ1n) is 23.6. The van der Waals surface area contributed by atoms with Crippen LogP contribution >= 0.6 is 0 Å². The lowest BCUT2D eigenvalue weighted by atomic mass is 9.87. The first-order valence-corrected chi connectivity index (χ1v) is 23.6. The summed E-state index contributed by atoms with van der Waals surface area (Å²) in [4.78, 5) is 51.0. The summed E-state index contributed by atoms with van der Waals surface area (Å²) in [6.07, 6.45) is -20.8. The second-order valence-corrected chi connectivity index (χ2v) is 17.6. The standard InChI is InChI=1S/C35H67N3O11.2C4F6O2/c1-3-5-6-7-8-9-10-11-12-13-14-15-16-17-25(39)38-20-24-27(40)26(37)30(43)34(48-24)49-33-21(36)18-19-23(29(33)42)47-35-32(45)31(44)28(41)22(4-2)46-35;2*5-3(6,7)1(11)2(12)4(8,9)10/h21-24,26-35,40-45H,3-20,36-37H2,1-2H3,(H,38,39);;/t21-,22?,23?,24?,26+,27-,28-,29?,30?,31?,32?,33+,34-,35-;;/m1../s1. The zero-order valence-corrected chi connectivity index (χ0v) is 39.9. The van der Waals surface area contributed by atoms with E-state index in [2.05, 4.69) is 12.2 Å². The van der Waals surface area contributed by atoms with Crippen LogP contribution < -0.4 is 16.8 Å². The molecule has 73 heavy (non-hydrogen) atoms. The van der Waals surface area contributed by atoms with E-state index in [9.17, 15) is 107 Å². The number of unbranched alkanes of at least 4 members (excludes halogenated alkanes) is 12. The molecule has 14 atom stereocenters. The lowest BCUT2D eigenvalue weighted by molar-refractivity contribution is -0.330. The van der Waals surface area contributed by atoms with E-state index in [1.807, 2.05) is 0 Å². The molecule has 428 valence electrons. The summed E-state index contributed by atoms with van der Waals surface area (Å²) in [6, 6.07) is -1.84. The summed E-state index contributed by atoms with van der Waals surface area (Å²) in [6.45, 7) is 3.94. The Balaban J connectivity index is 0.000000907. The minimum atomic E-state index is -5.77. The molecule has 0 aromatic heterocycles. The SMILES string of the molecule is CCCCCCCCCCCCCCCC(=O)NCC1O[C@H](O[C@@H]2C(O)C(O[C@H]3OC(CC)[C@@H](O)C(O)C3O)CC[C@H]2N)C(O)[C@@H](N)[C@@H]1O.O=C(C(=O)C(F)(F)F)C(F)(F)F.O=C(C(=O)C(F)(F)F)C(F)(F)F. The summed E-state index contributed by atoms with van der Waals surface area (Å²) in [5.74, 6) is -13.8. The van der Waals surface area contributed by atoms with Crippen molar-refractivity contribution in [2.75, 3.05) is 6.54 Å². The normalized spacial score (nSPS) is 30.0. The van der Waals surface area contributed by atoms with Gasteiger partial charge in [0.05, 0.1) is 24.4 Å². The number of carbonyl (C=O) groups is 5. The molecule has 18 nitrogen and oxygen atoms in total. The van der Waals surface area contributed by atoms with E-state index in [-0.39, 0.29) is 18.9 Å². The lowest BCUT2D eigenvalue weighted by Crippen LogP contribution is -2.66. The quantitative estimate of drug-likeness (QED) is 0.0403. The molecule has 0 aromatic rings. The van der Waals surface area contributed by atoms with Crippen LogP contribution in [0.3, 0.4) is 0 Å². The summed E-state index contributed by atoms with van der Waals surface area (Å²) in [5, 5.41) is 66.3. The predicted octanol–water partition coefficient (Wildman–Crippen LogP) is 3.33. The molecule has 2 heterocycles. The van der Waals surface area contributed by atoms with Crippen LogP contribution in [0.15, 0.2) is 0 Å². The number of halogens is 12. The Bertz CT molecular complexity index is 1600. The van der Waals surface area contributed by atoms with Crippen LogP contribution in [0, 0.1) is 0 Å². The van der Waals surface area contributed by atoms with Crippen molar-refractivity contribution < 1.29 is 126 Å². The number of aliphatic hydroxyl groups excluding tert-OH is 6. The number of Topliss-reactive ketones (excluding diaryl/α,β-unsaturated/α-hetero) is 4. The molecule has 3 aliphatic rings. The highest BCUT2D eigenvalue weighted by Gasteiger charge is 2.56. The van der Waals surface area contributed by atoms with Gasteiger partial charge >= 0.3 is 47.8 Å².